The first-order chi connectivity index (χ1) is 13.7. The first-order valence-corrected chi connectivity index (χ1v) is 8.96. The molecule has 0 radical (unpaired) electrons. The van der Waals surface area contributed by atoms with Gasteiger partial charge in [0.1, 0.15) is 5.52 Å². The van der Waals surface area contributed by atoms with Gasteiger partial charge in [-0.1, -0.05) is 26.0 Å². The maximum atomic E-state index is 12.8. The fraction of sp³-hybridized carbons (Fsp3) is 0.300. The highest BCUT2D eigenvalue weighted by Crippen LogP contribution is 2.29. The summed E-state index contributed by atoms with van der Waals surface area (Å²) < 4.78 is 39.9. The van der Waals surface area contributed by atoms with Gasteiger partial charge in [0.15, 0.2) is 11.3 Å². The number of nitrogens with zero attached hydrogens (tertiary/aromatic N) is 3. The van der Waals surface area contributed by atoms with Gasteiger partial charge in [0.05, 0.1) is 5.56 Å². The molecule has 1 aromatic carbocycles. The molecule has 3 rings (SSSR count). The molecule has 0 spiro atoms. The molecule has 0 atom stereocenters. The van der Waals surface area contributed by atoms with Crippen LogP contribution in [-0.4, -0.2) is 20.4 Å². The van der Waals surface area contributed by atoms with Gasteiger partial charge in [0.2, 0.25) is 0 Å². The lowest BCUT2D eigenvalue weighted by atomic mass is 10.1. The van der Waals surface area contributed by atoms with Crippen LogP contribution < -0.4 is 10.9 Å². The van der Waals surface area contributed by atoms with Crippen LogP contribution in [0.3, 0.4) is 0 Å². The summed E-state index contributed by atoms with van der Waals surface area (Å²) in [6, 6.07) is 7.92. The number of nitrogens with one attached hydrogen (secondary N) is 1. The highest BCUT2D eigenvalue weighted by molar-refractivity contribution is 5.93. The zero-order valence-corrected chi connectivity index (χ0v) is 15.8. The van der Waals surface area contributed by atoms with Crippen LogP contribution in [0, 0.1) is 5.92 Å². The molecule has 0 saturated heterocycles. The predicted molar refractivity (Wildman–Crippen MR) is 101 cm³/mol. The van der Waals surface area contributed by atoms with Crippen LogP contribution in [0.2, 0.25) is 0 Å². The quantitative estimate of drug-likeness (QED) is 0.707. The van der Waals surface area contributed by atoms with Gasteiger partial charge in [-0.2, -0.15) is 13.2 Å². The Morgan fingerprint density at radius 3 is 2.66 bits per heavy atom. The topological polar surface area (TPSA) is 76.9 Å². The number of carbonyl (C=O) groups excluding carboxylic acids is 1. The van der Waals surface area contributed by atoms with Crippen molar-refractivity contribution in [2.24, 2.45) is 5.92 Å². The Balaban J connectivity index is 1.90. The highest BCUT2D eigenvalue weighted by atomic mass is 19.4. The number of benzene rings is 1. The first kappa shape index (κ1) is 20.5. The van der Waals surface area contributed by atoms with E-state index < -0.39 is 23.2 Å². The number of hydrogen-bond donors (Lipinski definition) is 1. The third-order valence-electron chi connectivity index (χ3n) is 4.17. The number of pyridine rings is 1. The zero-order chi connectivity index (χ0) is 21.2. The minimum absolute atomic E-state index is 0.126. The number of aromatic nitrogens is 3. The average molecular weight is 404 g/mol. The minimum atomic E-state index is -4.47. The lowest BCUT2D eigenvalue weighted by Crippen LogP contribution is -2.35. The largest absolute Gasteiger partial charge is 0.416 e. The van der Waals surface area contributed by atoms with Crippen LogP contribution >= 0.6 is 0 Å². The summed E-state index contributed by atoms with van der Waals surface area (Å²) >= 11 is 0. The fourth-order valence-electron chi connectivity index (χ4n) is 2.88. The molecule has 0 aliphatic carbocycles. The summed E-state index contributed by atoms with van der Waals surface area (Å²) in [5, 5.41) is 2.48. The summed E-state index contributed by atoms with van der Waals surface area (Å²) in [6.07, 6.45) is -2.94. The Kier molecular flexibility index (Phi) is 5.67. The van der Waals surface area contributed by atoms with Gasteiger partial charge in [-0.3, -0.25) is 14.2 Å². The molecule has 0 bridgehead atoms. The SMILES string of the molecule is CC(C)Cn1c(=O)c(C(=O)NCc2cccc(C(F)(F)F)c2)nc2cccnc21. The van der Waals surface area contributed by atoms with Gasteiger partial charge < -0.3 is 5.32 Å². The van der Waals surface area contributed by atoms with Crippen molar-refractivity contribution in [2.75, 3.05) is 0 Å². The Bertz CT molecular complexity index is 1110. The molecule has 9 heteroatoms. The molecule has 29 heavy (non-hydrogen) atoms. The van der Waals surface area contributed by atoms with Crippen molar-refractivity contribution in [3.05, 3.63) is 69.8 Å². The molecule has 6 nitrogen and oxygen atoms in total. The van der Waals surface area contributed by atoms with Crippen LogP contribution in [0.5, 0.6) is 0 Å². The normalized spacial score (nSPS) is 11.8. The second-order valence-corrected chi connectivity index (χ2v) is 7.00. The van der Waals surface area contributed by atoms with Gasteiger partial charge in [-0.05, 0) is 35.7 Å². The van der Waals surface area contributed by atoms with Crippen molar-refractivity contribution >= 4 is 17.1 Å². The predicted octanol–water partition coefficient (Wildman–Crippen LogP) is 3.40. The Labute approximate surface area is 164 Å². The third kappa shape index (κ3) is 4.61. The van der Waals surface area contributed by atoms with Gasteiger partial charge in [0, 0.05) is 19.3 Å². The van der Waals surface area contributed by atoms with E-state index in [1.54, 1.807) is 12.1 Å². The van der Waals surface area contributed by atoms with Crippen LogP contribution in [-0.2, 0) is 19.3 Å². The Morgan fingerprint density at radius 1 is 1.21 bits per heavy atom. The second kappa shape index (κ2) is 8.02. The summed E-state index contributed by atoms with van der Waals surface area (Å²) in [6.45, 7) is 4.03. The van der Waals surface area contributed by atoms with Crippen LogP contribution in [0.1, 0.15) is 35.5 Å². The van der Waals surface area contributed by atoms with Gasteiger partial charge in [-0.15, -0.1) is 0 Å². The van der Waals surface area contributed by atoms with E-state index in [1.165, 1.54) is 22.9 Å². The molecule has 0 aliphatic heterocycles. The average Bonchev–Trinajstić information content (AvgIpc) is 2.67. The van der Waals surface area contributed by atoms with Crippen LogP contribution in [0.15, 0.2) is 47.4 Å². The van der Waals surface area contributed by atoms with E-state index >= 15 is 0 Å². The van der Waals surface area contributed by atoms with Crippen LogP contribution in [0.25, 0.3) is 11.2 Å². The molecule has 0 saturated carbocycles. The molecule has 0 fully saturated rings. The molecule has 152 valence electrons. The van der Waals surface area contributed by atoms with E-state index in [-0.39, 0.29) is 23.7 Å². The number of rotatable bonds is 5. The van der Waals surface area contributed by atoms with Gasteiger partial charge in [0.25, 0.3) is 11.5 Å². The molecule has 3 aromatic rings. The van der Waals surface area contributed by atoms with Gasteiger partial charge in [-0.25, -0.2) is 9.97 Å². The Hall–Kier alpha value is -3.23. The van der Waals surface area contributed by atoms with Crippen molar-refractivity contribution in [1.82, 2.24) is 19.9 Å². The summed E-state index contributed by atoms with van der Waals surface area (Å²) in [5.41, 5.74) is -0.696. The molecule has 0 aliphatic rings. The standard InChI is InChI=1S/C20H19F3N4O2/c1-12(2)11-27-17-15(7-4-8-24-17)26-16(19(27)29)18(28)25-10-13-5-3-6-14(9-13)20(21,22)23/h3-9,12H,10-11H2,1-2H3,(H,25,28). The fourth-order valence-corrected chi connectivity index (χ4v) is 2.88. The van der Waals surface area contributed by atoms with Crippen molar-refractivity contribution in [2.45, 2.75) is 33.1 Å². The molecule has 2 heterocycles. The summed E-state index contributed by atoms with van der Waals surface area (Å²) in [4.78, 5) is 33.7. The minimum Gasteiger partial charge on any atom is -0.346 e. The molecule has 1 N–H and O–H groups in total. The monoisotopic (exact) mass is 404 g/mol. The van der Waals surface area contributed by atoms with E-state index in [0.29, 0.717) is 17.7 Å². The number of halogens is 3. The van der Waals surface area contributed by atoms with Crippen molar-refractivity contribution in [3.8, 4) is 0 Å². The molecular weight excluding hydrogens is 385 g/mol. The number of fused-ring (bicyclic) bond motifs is 1. The number of carbonyl (C=O) groups is 1. The highest BCUT2D eigenvalue weighted by Gasteiger charge is 2.30. The maximum absolute atomic E-state index is 12.8. The number of alkyl halides is 3. The van der Waals surface area contributed by atoms with Gasteiger partial charge >= 0.3 is 6.18 Å². The number of hydrogen-bond acceptors (Lipinski definition) is 4. The molecule has 1 amide bonds. The van der Waals surface area contributed by atoms with E-state index in [2.05, 4.69) is 15.3 Å². The van der Waals surface area contributed by atoms with Crippen LogP contribution in [0.4, 0.5) is 13.2 Å². The van der Waals surface area contributed by atoms with E-state index in [9.17, 15) is 22.8 Å². The molecule has 0 unspecified atom stereocenters. The number of amides is 1. The smallest absolute Gasteiger partial charge is 0.346 e. The van der Waals surface area contributed by atoms with E-state index in [4.69, 9.17) is 0 Å². The summed E-state index contributed by atoms with van der Waals surface area (Å²) in [7, 11) is 0. The second-order valence-electron chi connectivity index (χ2n) is 7.00. The van der Waals surface area contributed by atoms with Crippen molar-refractivity contribution < 1.29 is 18.0 Å². The maximum Gasteiger partial charge on any atom is 0.416 e. The Morgan fingerprint density at radius 2 is 1.97 bits per heavy atom. The lowest BCUT2D eigenvalue weighted by Gasteiger charge is -2.13. The first-order valence-electron chi connectivity index (χ1n) is 8.96. The molecular formula is C20H19F3N4O2. The van der Waals surface area contributed by atoms with Crippen molar-refractivity contribution in [1.29, 1.82) is 0 Å². The van der Waals surface area contributed by atoms with E-state index in [1.807, 2.05) is 13.8 Å². The molecule has 2 aromatic heterocycles. The van der Waals surface area contributed by atoms with E-state index in [0.717, 1.165) is 12.1 Å². The van der Waals surface area contributed by atoms with Crippen molar-refractivity contribution in [3.63, 3.8) is 0 Å². The zero-order valence-electron chi connectivity index (χ0n) is 15.8. The lowest BCUT2D eigenvalue weighted by molar-refractivity contribution is -0.137. The third-order valence-corrected chi connectivity index (χ3v) is 4.17. The summed E-state index contributed by atoms with van der Waals surface area (Å²) in [5.74, 6) is -0.628.